The molecule has 0 amide bonds. The van der Waals surface area contributed by atoms with Crippen LogP contribution in [0.4, 0.5) is 18.9 Å². The highest BCUT2D eigenvalue weighted by molar-refractivity contribution is 7.15. The van der Waals surface area contributed by atoms with Crippen LogP contribution in [0.25, 0.3) is 0 Å². The van der Waals surface area contributed by atoms with Crippen molar-refractivity contribution in [2.24, 2.45) is 5.41 Å². The van der Waals surface area contributed by atoms with Crippen LogP contribution in [-0.2, 0) is 9.53 Å². The Hall–Kier alpha value is -2.01. The lowest BCUT2D eigenvalue weighted by Crippen LogP contribution is -2.29. The zero-order valence-electron chi connectivity index (χ0n) is 13.1. The minimum absolute atomic E-state index is 0.0701. The molecule has 1 rings (SSSR count). The number of thiophene rings is 1. The standard InChI is InChI=1S/C15H16F3NO3S/c1-14(2,3)6-5-9-7-10(12(23-9)13(21)22-4)19-8-11(20)15(16,17)18/h7,19H,8H2,1-4H3. The van der Waals surface area contributed by atoms with Gasteiger partial charge in [-0.2, -0.15) is 13.2 Å². The zero-order valence-corrected chi connectivity index (χ0v) is 13.9. The first-order valence-electron chi connectivity index (χ1n) is 6.53. The third-order valence-electron chi connectivity index (χ3n) is 2.42. The largest absolute Gasteiger partial charge is 0.465 e. The Morgan fingerprint density at radius 2 is 1.91 bits per heavy atom. The van der Waals surface area contributed by atoms with Crippen molar-refractivity contribution in [2.45, 2.75) is 26.9 Å². The third-order valence-corrected chi connectivity index (χ3v) is 3.45. The number of halogens is 3. The van der Waals surface area contributed by atoms with Crippen molar-refractivity contribution in [3.05, 3.63) is 15.8 Å². The average molecular weight is 347 g/mol. The lowest BCUT2D eigenvalue weighted by Gasteiger charge is -2.07. The summed E-state index contributed by atoms with van der Waals surface area (Å²) >= 11 is 0.989. The van der Waals surface area contributed by atoms with Crippen LogP contribution in [0.3, 0.4) is 0 Å². The van der Waals surface area contributed by atoms with Crippen molar-refractivity contribution in [2.75, 3.05) is 19.0 Å². The van der Waals surface area contributed by atoms with Gasteiger partial charge in [0.05, 0.1) is 24.2 Å². The first-order chi connectivity index (χ1) is 10.4. The summed E-state index contributed by atoms with van der Waals surface area (Å²) in [5.41, 5.74) is -0.174. The van der Waals surface area contributed by atoms with Gasteiger partial charge in [0, 0.05) is 5.41 Å². The van der Waals surface area contributed by atoms with Gasteiger partial charge in [-0.25, -0.2) is 4.79 Å². The van der Waals surface area contributed by atoms with Gasteiger partial charge in [-0.3, -0.25) is 4.79 Å². The Bertz CT molecular complexity index is 660. The van der Waals surface area contributed by atoms with E-state index in [0.717, 1.165) is 18.4 Å². The molecule has 0 saturated carbocycles. The zero-order chi connectivity index (χ0) is 17.8. The highest BCUT2D eigenvalue weighted by atomic mass is 32.1. The number of ether oxygens (including phenoxy) is 1. The van der Waals surface area contributed by atoms with Crippen molar-refractivity contribution >= 4 is 28.8 Å². The summed E-state index contributed by atoms with van der Waals surface area (Å²) in [6, 6.07) is 1.43. The SMILES string of the molecule is COC(=O)c1sc(C#CC(C)(C)C)cc1NCC(=O)C(F)(F)F. The minimum Gasteiger partial charge on any atom is -0.465 e. The van der Waals surface area contributed by atoms with Gasteiger partial charge in [0.25, 0.3) is 5.78 Å². The number of rotatable bonds is 4. The van der Waals surface area contributed by atoms with Crippen molar-refractivity contribution in [3.8, 4) is 11.8 Å². The molecule has 0 bridgehead atoms. The normalized spacial score (nSPS) is 11.4. The van der Waals surface area contributed by atoms with E-state index in [1.807, 2.05) is 20.8 Å². The van der Waals surface area contributed by atoms with E-state index in [0.29, 0.717) is 4.88 Å². The molecule has 4 nitrogen and oxygen atoms in total. The van der Waals surface area contributed by atoms with E-state index in [-0.39, 0.29) is 16.0 Å². The molecule has 0 fully saturated rings. The first-order valence-corrected chi connectivity index (χ1v) is 7.35. The fraction of sp³-hybridized carbons (Fsp3) is 0.467. The number of alkyl halides is 3. The Labute approximate surface area is 136 Å². The van der Waals surface area contributed by atoms with Crippen LogP contribution in [0.1, 0.15) is 35.3 Å². The van der Waals surface area contributed by atoms with Gasteiger partial charge in [-0.05, 0) is 26.8 Å². The van der Waals surface area contributed by atoms with Gasteiger partial charge < -0.3 is 10.1 Å². The summed E-state index contributed by atoms with van der Waals surface area (Å²) in [6.45, 7) is 4.73. The molecule has 0 atom stereocenters. The van der Waals surface area contributed by atoms with Crippen LogP contribution in [0, 0.1) is 17.3 Å². The van der Waals surface area contributed by atoms with Crippen LogP contribution in [0.2, 0.25) is 0 Å². The van der Waals surface area contributed by atoms with Crippen LogP contribution in [-0.4, -0.2) is 31.6 Å². The molecule has 0 aliphatic carbocycles. The maximum absolute atomic E-state index is 12.2. The fourth-order valence-electron chi connectivity index (χ4n) is 1.35. The molecule has 0 radical (unpaired) electrons. The average Bonchev–Trinajstić information content (AvgIpc) is 2.83. The molecule has 126 valence electrons. The molecule has 1 N–H and O–H groups in total. The predicted molar refractivity (Wildman–Crippen MR) is 81.5 cm³/mol. The number of esters is 1. The predicted octanol–water partition coefficient (Wildman–Crippen LogP) is 3.48. The molecule has 0 aliphatic rings. The second-order valence-electron chi connectivity index (χ2n) is 5.62. The topological polar surface area (TPSA) is 55.4 Å². The van der Waals surface area contributed by atoms with Crippen LogP contribution < -0.4 is 5.32 Å². The molecular weight excluding hydrogens is 331 g/mol. The summed E-state index contributed by atoms with van der Waals surface area (Å²) in [7, 11) is 1.16. The quantitative estimate of drug-likeness (QED) is 0.669. The van der Waals surface area contributed by atoms with Crippen molar-refractivity contribution < 1.29 is 27.5 Å². The van der Waals surface area contributed by atoms with Gasteiger partial charge in [-0.15, -0.1) is 11.3 Å². The Morgan fingerprint density at radius 1 is 1.30 bits per heavy atom. The van der Waals surface area contributed by atoms with E-state index >= 15 is 0 Å². The van der Waals surface area contributed by atoms with Gasteiger partial charge >= 0.3 is 12.1 Å². The van der Waals surface area contributed by atoms with Crippen LogP contribution in [0.15, 0.2) is 6.07 Å². The molecule has 0 aliphatic heterocycles. The first kappa shape index (κ1) is 19.0. The Kier molecular flexibility index (Phi) is 5.83. The third kappa shape index (κ3) is 5.94. The number of Topliss-reactive ketones (excluding diaryl/α,β-unsaturated/α-hetero) is 1. The van der Waals surface area contributed by atoms with E-state index < -0.39 is 24.5 Å². The number of nitrogens with one attached hydrogen (secondary N) is 1. The number of methoxy groups -OCH3 is 1. The summed E-state index contributed by atoms with van der Waals surface area (Å²) < 4.78 is 41.3. The van der Waals surface area contributed by atoms with Gasteiger partial charge in [0.15, 0.2) is 0 Å². The summed E-state index contributed by atoms with van der Waals surface area (Å²) in [4.78, 5) is 23.2. The molecule has 0 aromatic carbocycles. The van der Waals surface area contributed by atoms with Crippen molar-refractivity contribution in [1.29, 1.82) is 0 Å². The molecule has 0 unspecified atom stereocenters. The van der Waals surface area contributed by atoms with Crippen LogP contribution >= 0.6 is 11.3 Å². The van der Waals surface area contributed by atoms with E-state index in [9.17, 15) is 22.8 Å². The number of ketones is 1. The van der Waals surface area contributed by atoms with Gasteiger partial charge in [0.2, 0.25) is 0 Å². The van der Waals surface area contributed by atoms with Gasteiger partial charge in [-0.1, -0.05) is 11.8 Å². The number of carbonyl (C=O) groups is 2. The molecule has 0 spiro atoms. The molecule has 1 aromatic rings. The lowest BCUT2D eigenvalue weighted by molar-refractivity contribution is -0.168. The maximum atomic E-state index is 12.2. The number of hydrogen-bond acceptors (Lipinski definition) is 5. The van der Waals surface area contributed by atoms with Crippen molar-refractivity contribution in [3.63, 3.8) is 0 Å². The van der Waals surface area contributed by atoms with E-state index in [1.54, 1.807) is 0 Å². The molecule has 1 aromatic heterocycles. The summed E-state index contributed by atoms with van der Waals surface area (Å²) in [5, 5.41) is 2.32. The van der Waals surface area contributed by atoms with Gasteiger partial charge in [0.1, 0.15) is 4.88 Å². The number of anilines is 1. The van der Waals surface area contributed by atoms with Crippen LogP contribution in [0.5, 0.6) is 0 Å². The summed E-state index contributed by atoms with van der Waals surface area (Å²) in [5.74, 6) is 3.18. The molecular formula is C15H16F3NO3S. The molecule has 23 heavy (non-hydrogen) atoms. The smallest absolute Gasteiger partial charge is 0.451 e. The monoisotopic (exact) mass is 347 g/mol. The number of hydrogen-bond donors (Lipinski definition) is 1. The summed E-state index contributed by atoms with van der Waals surface area (Å²) in [6.07, 6.45) is -4.93. The van der Waals surface area contributed by atoms with E-state index in [4.69, 9.17) is 0 Å². The maximum Gasteiger partial charge on any atom is 0.451 e. The van der Waals surface area contributed by atoms with E-state index in [2.05, 4.69) is 21.9 Å². The highest BCUT2D eigenvalue weighted by Gasteiger charge is 2.37. The Morgan fingerprint density at radius 3 is 2.39 bits per heavy atom. The highest BCUT2D eigenvalue weighted by Crippen LogP contribution is 2.28. The fourth-order valence-corrected chi connectivity index (χ4v) is 2.26. The second kappa shape index (κ2) is 7.04. The van der Waals surface area contributed by atoms with E-state index in [1.165, 1.54) is 6.07 Å². The molecule has 0 saturated heterocycles. The molecule has 1 heterocycles. The minimum atomic E-state index is -4.93. The molecule has 8 heteroatoms. The second-order valence-corrected chi connectivity index (χ2v) is 6.67. The Balaban J connectivity index is 3.04. The number of carbonyl (C=O) groups excluding carboxylic acids is 2. The lowest BCUT2D eigenvalue weighted by atomic mass is 9.98. The van der Waals surface area contributed by atoms with Crippen molar-refractivity contribution in [1.82, 2.24) is 0 Å².